The number of carbonyl (C=O) groups excluding carboxylic acids is 2. The highest BCUT2D eigenvalue weighted by Gasteiger charge is 2.22. The second-order valence-corrected chi connectivity index (χ2v) is 8.50. The molecule has 10 heteroatoms. The molecular weight excluding hydrogens is 446 g/mol. The van der Waals surface area contributed by atoms with E-state index in [1.165, 1.54) is 12.4 Å². The lowest BCUT2D eigenvalue weighted by atomic mass is 10.0. The van der Waals surface area contributed by atoms with E-state index in [0.29, 0.717) is 58.3 Å². The van der Waals surface area contributed by atoms with Gasteiger partial charge in [0.15, 0.2) is 5.82 Å². The molecule has 1 saturated heterocycles. The zero-order chi connectivity index (χ0) is 23.5. The van der Waals surface area contributed by atoms with E-state index in [4.69, 9.17) is 26.8 Å². The normalized spacial score (nSPS) is 15.6. The number of primary amides is 1. The molecule has 3 aromatic rings. The molecule has 1 aliphatic rings. The summed E-state index contributed by atoms with van der Waals surface area (Å²) in [4.78, 5) is 36.7. The summed E-state index contributed by atoms with van der Waals surface area (Å²) in [6.07, 6.45) is 6.37. The van der Waals surface area contributed by atoms with E-state index in [-0.39, 0.29) is 23.6 Å². The largest absolute Gasteiger partial charge is 0.490 e. The maximum Gasteiger partial charge on any atom is 0.252 e. The predicted molar refractivity (Wildman–Crippen MR) is 123 cm³/mol. The number of ether oxygens (including phenoxy) is 2. The molecule has 4 rings (SSSR count). The van der Waals surface area contributed by atoms with E-state index < -0.39 is 5.91 Å². The molecule has 2 amide bonds. The Hall–Kier alpha value is -3.46. The van der Waals surface area contributed by atoms with Crippen molar-refractivity contribution in [2.75, 3.05) is 6.61 Å². The van der Waals surface area contributed by atoms with E-state index in [1.54, 1.807) is 18.3 Å². The molecule has 33 heavy (non-hydrogen) atoms. The summed E-state index contributed by atoms with van der Waals surface area (Å²) in [5.41, 5.74) is 6.47. The van der Waals surface area contributed by atoms with Gasteiger partial charge in [-0.3, -0.25) is 9.59 Å². The van der Waals surface area contributed by atoms with Crippen molar-refractivity contribution in [3.8, 4) is 23.0 Å². The maximum absolute atomic E-state index is 12.2. The molecule has 2 aromatic heterocycles. The standard InChI is InChI=1S/C23H24ClN5O4/c1-12(2)33-19-8-16-15(7-17(19)21(25)31)18(22-26-9-13(24)10-27-22)11-28-23(16)32-6-5-14-3-4-20(30)29-14/h7-12,14H,3-6H2,1-2H3,(H2,25,31)(H,29,30)/t14-/m0/s1. The van der Waals surface area contributed by atoms with Gasteiger partial charge in [0.2, 0.25) is 11.8 Å². The van der Waals surface area contributed by atoms with Crippen LogP contribution in [0.3, 0.4) is 0 Å². The molecule has 9 nitrogen and oxygen atoms in total. The lowest BCUT2D eigenvalue weighted by Crippen LogP contribution is -2.26. The number of hydrogen-bond donors (Lipinski definition) is 2. The molecule has 0 saturated carbocycles. The van der Waals surface area contributed by atoms with Crippen LogP contribution in [0.25, 0.3) is 22.2 Å². The molecule has 1 fully saturated rings. The SMILES string of the molecule is CC(C)Oc1cc2c(OCC[C@@H]3CCC(=O)N3)ncc(-c3ncc(Cl)cn3)c2cc1C(N)=O. The van der Waals surface area contributed by atoms with Crippen molar-refractivity contribution in [3.05, 3.63) is 41.3 Å². The topological polar surface area (TPSA) is 129 Å². The predicted octanol–water partition coefficient (Wildman–Crippen LogP) is 3.28. The lowest BCUT2D eigenvalue weighted by molar-refractivity contribution is -0.119. The molecule has 1 aliphatic heterocycles. The van der Waals surface area contributed by atoms with Gasteiger partial charge >= 0.3 is 0 Å². The zero-order valence-corrected chi connectivity index (χ0v) is 19.1. The smallest absolute Gasteiger partial charge is 0.252 e. The van der Waals surface area contributed by atoms with Crippen LogP contribution >= 0.6 is 11.6 Å². The summed E-state index contributed by atoms with van der Waals surface area (Å²) < 4.78 is 11.8. The van der Waals surface area contributed by atoms with Crippen LogP contribution in [0.1, 0.15) is 43.5 Å². The van der Waals surface area contributed by atoms with E-state index in [0.717, 1.165) is 6.42 Å². The number of halogens is 1. The third-order valence-corrected chi connectivity index (χ3v) is 5.43. The quantitative estimate of drug-likeness (QED) is 0.517. The molecular formula is C23H24ClN5O4. The summed E-state index contributed by atoms with van der Waals surface area (Å²) in [7, 11) is 0. The second-order valence-electron chi connectivity index (χ2n) is 8.07. The molecule has 0 unspecified atom stereocenters. The van der Waals surface area contributed by atoms with E-state index >= 15 is 0 Å². The van der Waals surface area contributed by atoms with Gasteiger partial charge in [0, 0.05) is 53.8 Å². The molecule has 0 spiro atoms. The summed E-state index contributed by atoms with van der Waals surface area (Å²) in [6.45, 7) is 4.08. The molecule has 1 aromatic carbocycles. The van der Waals surface area contributed by atoms with Crippen molar-refractivity contribution in [1.29, 1.82) is 0 Å². The summed E-state index contributed by atoms with van der Waals surface area (Å²) in [6, 6.07) is 3.44. The highest BCUT2D eigenvalue weighted by molar-refractivity contribution is 6.30. The number of nitrogens with zero attached hydrogens (tertiary/aromatic N) is 3. The van der Waals surface area contributed by atoms with E-state index in [2.05, 4.69) is 20.3 Å². The second kappa shape index (κ2) is 9.58. The zero-order valence-electron chi connectivity index (χ0n) is 18.3. The van der Waals surface area contributed by atoms with Crippen LogP contribution in [0.2, 0.25) is 5.02 Å². The maximum atomic E-state index is 12.2. The van der Waals surface area contributed by atoms with Crippen LogP contribution in [0.5, 0.6) is 11.6 Å². The number of nitrogens with one attached hydrogen (secondary N) is 1. The fourth-order valence-corrected chi connectivity index (χ4v) is 3.82. The molecule has 0 bridgehead atoms. The van der Waals surface area contributed by atoms with Crippen LogP contribution in [0.15, 0.2) is 30.7 Å². The number of nitrogens with two attached hydrogens (primary N) is 1. The Morgan fingerprint density at radius 2 is 1.97 bits per heavy atom. The number of benzene rings is 1. The average Bonchev–Trinajstić information content (AvgIpc) is 3.18. The highest BCUT2D eigenvalue weighted by atomic mass is 35.5. The van der Waals surface area contributed by atoms with Crippen LogP contribution in [0.4, 0.5) is 0 Å². The number of pyridine rings is 1. The molecule has 0 radical (unpaired) electrons. The van der Waals surface area contributed by atoms with Gasteiger partial charge in [0.25, 0.3) is 5.91 Å². The monoisotopic (exact) mass is 469 g/mol. The number of aromatic nitrogens is 3. The number of carbonyl (C=O) groups is 2. The average molecular weight is 470 g/mol. The molecule has 3 N–H and O–H groups in total. The first-order chi connectivity index (χ1) is 15.8. The van der Waals surface area contributed by atoms with Gasteiger partial charge in [-0.1, -0.05) is 11.6 Å². The van der Waals surface area contributed by atoms with Crippen LogP contribution in [-0.2, 0) is 4.79 Å². The third kappa shape index (κ3) is 5.14. The van der Waals surface area contributed by atoms with E-state index in [1.807, 2.05) is 13.8 Å². The van der Waals surface area contributed by atoms with Gasteiger partial charge in [-0.25, -0.2) is 15.0 Å². The Morgan fingerprint density at radius 1 is 1.21 bits per heavy atom. The van der Waals surface area contributed by atoms with Gasteiger partial charge in [-0.15, -0.1) is 0 Å². The number of amides is 2. The summed E-state index contributed by atoms with van der Waals surface area (Å²) >= 11 is 5.93. The first kappa shape index (κ1) is 22.7. The summed E-state index contributed by atoms with van der Waals surface area (Å²) in [5.74, 6) is 0.549. The third-order valence-electron chi connectivity index (χ3n) is 5.23. The van der Waals surface area contributed by atoms with Gasteiger partial charge in [-0.05, 0) is 32.4 Å². The van der Waals surface area contributed by atoms with Crippen LogP contribution in [-0.4, -0.2) is 45.5 Å². The fraction of sp³-hybridized carbons (Fsp3) is 0.348. The van der Waals surface area contributed by atoms with Crippen molar-refractivity contribution in [2.45, 2.75) is 45.3 Å². The van der Waals surface area contributed by atoms with Crippen molar-refractivity contribution in [3.63, 3.8) is 0 Å². The summed E-state index contributed by atoms with van der Waals surface area (Å²) in [5, 5.41) is 4.60. The highest BCUT2D eigenvalue weighted by Crippen LogP contribution is 2.36. The van der Waals surface area contributed by atoms with Gasteiger partial charge < -0.3 is 20.5 Å². The van der Waals surface area contributed by atoms with Gasteiger partial charge in [-0.2, -0.15) is 0 Å². The number of hydrogen-bond acceptors (Lipinski definition) is 7. The minimum atomic E-state index is -0.619. The Labute approximate surface area is 195 Å². The molecule has 3 heterocycles. The molecule has 172 valence electrons. The van der Waals surface area contributed by atoms with Gasteiger partial charge in [0.05, 0.1) is 23.3 Å². The number of fused-ring (bicyclic) bond motifs is 1. The lowest BCUT2D eigenvalue weighted by Gasteiger charge is -2.17. The van der Waals surface area contributed by atoms with Crippen LogP contribution in [0, 0.1) is 0 Å². The Morgan fingerprint density at radius 3 is 2.61 bits per heavy atom. The fourth-order valence-electron chi connectivity index (χ4n) is 3.72. The van der Waals surface area contributed by atoms with Crippen molar-refractivity contribution in [2.24, 2.45) is 5.73 Å². The van der Waals surface area contributed by atoms with Crippen LogP contribution < -0.4 is 20.5 Å². The number of rotatable bonds is 8. The first-order valence-corrected chi connectivity index (χ1v) is 11.0. The van der Waals surface area contributed by atoms with Crippen molar-refractivity contribution >= 4 is 34.2 Å². The molecule has 0 aliphatic carbocycles. The van der Waals surface area contributed by atoms with Crippen molar-refractivity contribution in [1.82, 2.24) is 20.3 Å². The minimum Gasteiger partial charge on any atom is -0.490 e. The van der Waals surface area contributed by atoms with E-state index in [9.17, 15) is 9.59 Å². The Balaban J connectivity index is 1.76. The molecule has 1 atom stereocenters. The van der Waals surface area contributed by atoms with Gasteiger partial charge in [0.1, 0.15) is 5.75 Å². The Kier molecular flexibility index (Phi) is 6.60. The van der Waals surface area contributed by atoms with Crippen molar-refractivity contribution < 1.29 is 19.1 Å². The minimum absolute atomic E-state index is 0.0605. The Bertz CT molecular complexity index is 1200. The first-order valence-electron chi connectivity index (χ1n) is 10.6.